The zero-order valence-electron chi connectivity index (χ0n) is 10.2. The highest BCUT2D eigenvalue weighted by molar-refractivity contribution is 5.68. The number of rotatable bonds is 2. The lowest BCUT2D eigenvalue weighted by molar-refractivity contribution is 0.0469. The topological polar surface area (TPSA) is 58.6 Å². The van der Waals surface area contributed by atoms with E-state index in [9.17, 15) is 9.90 Å². The van der Waals surface area contributed by atoms with Crippen LogP contribution >= 0.6 is 0 Å². The fourth-order valence-electron chi connectivity index (χ4n) is 1.71. The van der Waals surface area contributed by atoms with Crippen LogP contribution in [0.2, 0.25) is 0 Å². The fraction of sp³-hybridized carbons (Fsp3) is 0.750. The monoisotopic (exact) mass is 227 g/mol. The van der Waals surface area contributed by atoms with Gasteiger partial charge in [-0.25, -0.2) is 4.79 Å². The minimum atomic E-state index is -0.483. The van der Waals surface area contributed by atoms with Crippen molar-refractivity contribution in [3.05, 3.63) is 12.2 Å². The molecule has 0 aliphatic heterocycles. The van der Waals surface area contributed by atoms with Crippen molar-refractivity contribution in [3.8, 4) is 0 Å². The smallest absolute Gasteiger partial charge is 0.407 e. The van der Waals surface area contributed by atoms with E-state index in [0.717, 1.165) is 12.8 Å². The highest BCUT2D eigenvalue weighted by atomic mass is 16.6. The van der Waals surface area contributed by atoms with Crippen LogP contribution in [0.25, 0.3) is 0 Å². The molecule has 1 aliphatic rings. The van der Waals surface area contributed by atoms with E-state index in [-0.39, 0.29) is 18.6 Å². The first kappa shape index (κ1) is 13.0. The number of hydrogen-bond acceptors (Lipinski definition) is 3. The summed E-state index contributed by atoms with van der Waals surface area (Å²) < 4.78 is 5.18. The Bertz CT molecular complexity index is 268. The molecule has 0 bridgehead atoms. The predicted molar refractivity (Wildman–Crippen MR) is 62.1 cm³/mol. The van der Waals surface area contributed by atoms with Crippen LogP contribution in [-0.4, -0.2) is 29.4 Å². The van der Waals surface area contributed by atoms with Crippen LogP contribution in [0, 0.1) is 5.92 Å². The molecular weight excluding hydrogens is 206 g/mol. The van der Waals surface area contributed by atoms with Crippen LogP contribution in [0.4, 0.5) is 4.79 Å². The summed E-state index contributed by atoms with van der Waals surface area (Å²) in [6.07, 6.45) is 5.20. The SMILES string of the molecule is CC(C)(C)OC(=O)N[C@@H]1CC=CC[C@@H]1CO. The average Bonchev–Trinajstić information content (AvgIpc) is 2.15. The van der Waals surface area contributed by atoms with Crippen LogP contribution in [0.1, 0.15) is 33.6 Å². The number of hydrogen-bond donors (Lipinski definition) is 2. The summed E-state index contributed by atoms with van der Waals surface area (Å²) in [7, 11) is 0. The van der Waals surface area contributed by atoms with E-state index in [1.807, 2.05) is 32.9 Å². The second kappa shape index (κ2) is 5.34. The molecule has 0 heterocycles. The summed E-state index contributed by atoms with van der Waals surface area (Å²) in [4.78, 5) is 11.5. The second-order valence-corrected chi connectivity index (χ2v) is 5.14. The maximum atomic E-state index is 11.5. The predicted octanol–water partition coefficient (Wildman–Crippen LogP) is 1.84. The number of allylic oxidation sites excluding steroid dienone is 1. The van der Waals surface area contributed by atoms with Gasteiger partial charge in [-0.05, 0) is 33.6 Å². The molecule has 4 nitrogen and oxygen atoms in total. The van der Waals surface area contributed by atoms with Gasteiger partial charge in [0.15, 0.2) is 0 Å². The Morgan fingerprint density at radius 2 is 2.06 bits per heavy atom. The normalized spacial score (nSPS) is 25.2. The summed E-state index contributed by atoms with van der Waals surface area (Å²) in [6.45, 7) is 5.58. The van der Waals surface area contributed by atoms with Gasteiger partial charge in [-0.2, -0.15) is 0 Å². The van der Waals surface area contributed by atoms with Crippen LogP contribution in [-0.2, 0) is 4.74 Å². The summed E-state index contributed by atoms with van der Waals surface area (Å²) in [5.41, 5.74) is -0.483. The van der Waals surface area contributed by atoms with Crippen molar-refractivity contribution in [2.75, 3.05) is 6.61 Å². The molecule has 0 fully saturated rings. The van der Waals surface area contributed by atoms with E-state index >= 15 is 0 Å². The van der Waals surface area contributed by atoms with E-state index in [1.165, 1.54) is 0 Å². The Morgan fingerprint density at radius 1 is 1.44 bits per heavy atom. The number of carbonyl (C=O) groups is 1. The maximum absolute atomic E-state index is 11.5. The summed E-state index contributed by atoms with van der Waals surface area (Å²) in [6, 6.07) is -0.0233. The van der Waals surface area contributed by atoms with Gasteiger partial charge in [0.25, 0.3) is 0 Å². The van der Waals surface area contributed by atoms with Crippen molar-refractivity contribution in [3.63, 3.8) is 0 Å². The third kappa shape index (κ3) is 4.23. The number of ether oxygens (including phenoxy) is 1. The molecule has 0 unspecified atom stereocenters. The van der Waals surface area contributed by atoms with Gasteiger partial charge < -0.3 is 15.2 Å². The molecule has 0 spiro atoms. The molecule has 1 aliphatic carbocycles. The van der Waals surface area contributed by atoms with Crippen LogP contribution < -0.4 is 5.32 Å². The molecule has 0 saturated carbocycles. The average molecular weight is 227 g/mol. The summed E-state index contributed by atoms with van der Waals surface area (Å²) in [5.74, 6) is 0.0949. The molecule has 0 aromatic carbocycles. The van der Waals surface area contributed by atoms with Gasteiger partial charge in [-0.15, -0.1) is 0 Å². The number of amides is 1. The lowest BCUT2D eigenvalue weighted by Crippen LogP contribution is -2.44. The highest BCUT2D eigenvalue weighted by Crippen LogP contribution is 2.19. The van der Waals surface area contributed by atoms with E-state index in [4.69, 9.17) is 4.74 Å². The Balaban J connectivity index is 2.46. The molecule has 0 saturated heterocycles. The van der Waals surface area contributed by atoms with Crippen LogP contribution in [0.3, 0.4) is 0 Å². The van der Waals surface area contributed by atoms with Crippen molar-refractivity contribution < 1.29 is 14.6 Å². The molecule has 0 aromatic heterocycles. The molecular formula is C12H21NO3. The molecule has 4 heteroatoms. The van der Waals surface area contributed by atoms with E-state index in [1.54, 1.807) is 0 Å². The third-order valence-electron chi connectivity index (χ3n) is 2.50. The Labute approximate surface area is 96.7 Å². The zero-order valence-corrected chi connectivity index (χ0v) is 10.2. The number of nitrogens with one attached hydrogen (secondary N) is 1. The summed E-state index contributed by atoms with van der Waals surface area (Å²) in [5, 5.41) is 12.0. The van der Waals surface area contributed by atoms with Crippen molar-refractivity contribution >= 4 is 6.09 Å². The number of aliphatic hydroxyl groups is 1. The molecule has 2 atom stereocenters. The minimum Gasteiger partial charge on any atom is -0.444 e. The standard InChI is InChI=1S/C12H21NO3/c1-12(2,3)16-11(15)13-10-7-5-4-6-9(10)8-14/h4-5,9-10,14H,6-8H2,1-3H3,(H,13,15)/t9-,10-/m1/s1. The zero-order chi connectivity index (χ0) is 12.2. The van der Waals surface area contributed by atoms with Gasteiger partial charge >= 0.3 is 6.09 Å². The first-order valence-electron chi connectivity index (χ1n) is 5.68. The molecule has 0 radical (unpaired) electrons. The summed E-state index contributed by atoms with van der Waals surface area (Å²) >= 11 is 0. The van der Waals surface area contributed by atoms with Gasteiger partial charge in [0.1, 0.15) is 5.60 Å². The Hall–Kier alpha value is -1.03. The molecule has 1 amide bonds. The molecule has 0 aromatic rings. The van der Waals surface area contributed by atoms with Crippen molar-refractivity contribution in [1.82, 2.24) is 5.32 Å². The third-order valence-corrected chi connectivity index (χ3v) is 2.50. The maximum Gasteiger partial charge on any atom is 0.407 e. The largest absolute Gasteiger partial charge is 0.444 e. The van der Waals surface area contributed by atoms with Gasteiger partial charge in [0.05, 0.1) is 0 Å². The van der Waals surface area contributed by atoms with Crippen LogP contribution in [0.5, 0.6) is 0 Å². The first-order chi connectivity index (χ1) is 7.42. The Morgan fingerprint density at radius 3 is 2.62 bits per heavy atom. The highest BCUT2D eigenvalue weighted by Gasteiger charge is 2.25. The van der Waals surface area contributed by atoms with Gasteiger partial charge in [-0.1, -0.05) is 12.2 Å². The lowest BCUT2D eigenvalue weighted by Gasteiger charge is -2.29. The minimum absolute atomic E-state index is 0.0233. The molecule has 1 rings (SSSR count). The van der Waals surface area contributed by atoms with E-state index < -0.39 is 11.7 Å². The van der Waals surface area contributed by atoms with Crippen molar-refractivity contribution in [2.45, 2.75) is 45.3 Å². The van der Waals surface area contributed by atoms with Gasteiger partial charge in [0.2, 0.25) is 0 Å². The molecule has 16 heavy (non-hydrogen) atoms. The number of carbonyl (C=O) groups excluding carboxylic acids is 1. The van der Waals surface area contributed by atoms with E-state index in [0.29, 0.717) is 0 Å². The fourth-order valence-corrected chi connectivity index (χ4v) is 1.71. The second-order valence-electron chi connectivity index (χ2n) is 5.14. The molecule has 92 valence electrons. The first-order valence-corrected chi connectivity index (χ1v) is 5.68. The van der Waals surface area contributed by atoms with Gasteiger partial charge in [0, 0.05) is 18.6 Å². The van der Waals surface area contributed by atoms with E-state index in [2.05, 4.69) is 5.32 Å². The lowest BCUT2D eigenvalue weighted by atomic mass is 9.90. The Kier molecular flexibility index (Phi) is 4.35. The number of aliphatic hydroxyl groups excluding tert-OH is 1. The quantitative estimate of drug-likeness (QED) is 0.708. The van der Waals surface area contributed by atoms with Crippen molar-refractivity contribution in [2.24, 2.45) is 5.92 Å². The number of alkyl carbamates (subject to hydrolysis) is 1. The van der Waals surface area contributed by atoms with Crippen molar-refractivity contribution in [1.29, 1.82) is 0 Å². The molecule has 2 N–H and O–H groups in total. The van der Waals surface area contributed by atoms with Gasteiger partial charge in [-0.3, -0.25) is 0 Å². The van der Waals surface area contributed by atoms with Crippen LogP contribution in [0.15, 0.2) is 12.2 Å².